The van der Waals surface area contributed by atoms with E-state index in [4.69, 9.17) is 9.72 Å². The van der Waals surface area contributed by atoms with Crippen molar-refractivity contribution in [2.45, 2.75) is 27.2 Å². The van der Waals surface area contributed by atoms with Crippen LogP contribution in [0.25, 0.3) is 43.7 Å². The van der Waals surface area contributed by atoms with Crippen LogP contribution >= 0.6 is 0 Å². The van der Waals surface area contributed by atoms with Crippen molar-refractivity contribution in [2.24, 2.45) is 13.0 Å². The number of aromatic nitrogens is 2. The number of ether oxygens (including phenoxy) is 1. The van der Waals surface area contributed by atoms with Gasteiger partial charge in [-0.3, -0.25) is 0 Å². The zero-order valence-electron chi connectivity index (χ0n) is 18.4. The second-order valence-electron chi connectivity index (χ2n) is 9.15. The lowest BCUT2D eigenvalue weighted by Crippen LogP contribution is -2.32. The summed E-state index contributed by atoms with van der Waals surface area (Å²) in [5.74, 6) is 2.43. The van der Waals surface area contributed by atoms with Crippen LogP contribution in [0.1, 0.15) is 25.0 Å². The molecule has 4 aromatic carbocycles. The van der Waals surface area contributed by atoms with Gasteiger partial charge in [0.25, 0.3) is 6.33 Å². The molecule has 6 rings (SSSR count). The number of benzene rings is 4. The average molecular weight is 406 g/mol. The first-order chi connectivity index (χ1) is 15.0. The minimum atomic E-state index is 0.583. The largest absolute Gasteiger partial charge is 0.456 e. The summed E-state index contributed by atoms with van der Waals surface area (Å²) in [6.07, 6.45) is 2.95. The molecule has 0 N–H and O–H groups in total. The summed E-state index contributed by atoms with van der Waals surface area (Å²) in [6, 6.07) is 19.7. The second kappa shape index (κ2) is 6.52. The molecule has 0 aliphatic carbocycles. The van der Waals surface area contributed by atoms with Gasteiger partial charge in [-0.05, 0) is 75.1 Å². The Morgan fingerprint density at radius 2 is 1.74 bits per heavy atom. The molecule has 31 heavy (non-hydrogen) atoms. The summed E-state index contributed by atoms with van der Waals surface area (Å²) < 4.78 is 8.71. The van der Waals surface area contributed by atoms with Gasteiger partial charge in [0.15, 0.2) is 11.2 Å². The van der Waals surface area contributed by atoms with E-state index < -0.39 is 0 Å². The van der Waals surface area contributed by atoms with Gasteiger partial charge in [0.05, 0.1) is 12.6 Å². The Bertz CT molecular complexity index is 1530. The van der Waals surface area contributed by atoms with E-state index in [1.165, 1.54) is 43.9 Å². The topological polar surface area (TPSA) is 26.0 Å². The Labute approximate surface area is 181 Å². The van der Waals surface area contributed by atoms with Crippen LogP contribution in [-0.4, -0.2) is 4.98 Å². The highest BCUT2D eigenvalue weighted by Crippen LogP contribution is 2.49. The van der Waals surface area contributed by atoms with Crippen molar-refractivity contribution in [1.29, 1.82) is 0 Å². The molecule has 5 aromatic rings. The highest BCUT2D eigenvalue weighted by Gasteiger charge is 2.30. The smallest absolute Gasteiger partial charge is 0.287 e. The zero-order chi connectivity index (χ0) is 21.3. The van der Waals surface area contributed by atoms with Crippen LogP contribution in [-0.2, 0) is 13.5 Å². The lowest BCUT2D eigenvalue weighted by atomic mass is 9.90. The number of nitrogens with zero attached hydrogens (tertiary/aromatic N) is 2. The van der Waals surface area contributed by atoms with E-state index >= 15 is 0 Å². The van der Waals surface area contributed by atoms with Crippen molar-refractivity contribution in [3.63, 3.8) is 0 Å². The van der Waals surface area contributed by atoms with E-state index in [-0.39, 0.29) is 0 Å². The van der Waals surface area contributed by atoms with Gasteiger partial charge < -0.3 is 4.74 Å². The number of aryl methyl sites for hydroxylation is 2. The maximum atomic E-state index is 6.57. The van der Waals surface area contributed by atoms with Gasteiger partial charge in [-0.1, -0.05) is 50.2 Å². The Morgan fingerprint density at radius 3 is 2.58 bits per heavy atom. The van der Waals surface area contributed by atoms with Gasteiger partial charge in [0.2, 0.25) is 0 Å². The lowest BCUT2D eigenvalue weighted by molar-refractivity contribution is -0.662. The Kier molecular flexibility index (Phi) is 3.85. The normalized spacial score (nSPS) is 12.5. The average Bonchev–Trinajstić information content (AvgIpc) is 2.74. The van der Waals surface area contributed by atoms with Gasteiger partial charge in [-0.25, -0.2) is 4.57 Å². The molecule has 0 spiro atoms. The lowest BCUT2D eigenvalue weighted by Gasteiger charge is -2.23. The molecule has 3 nitrogen and oxygen atoms in total. The molecule has 2 heterocycles. The molecule has 0 atom stereocenters. The molecule has 0 amide bonds. The van der Waals surface area contributed by atoms with Crippen LogP contribution < -0.4 is 9.30 Å². The molecule has 0 unspecified atom stereocenters. The minimum Gasteiger partial charge on any atom is -0.456 e. The van der Waals surface area contributed by atoms with E-state index in [0.29, 0.717) is 5.92 Å². The van der Waals surface area contributed by atoms with Crippen LogP contribution in [0.2, 0.25) is 0 Å². The van der Waals surface area contributed by atoms with Crippen LogP contribution in [0.5, 0.6) is 11.5 Å². The van der Waals surface area contributed by atoms with Crippen molar-refractivity contribution in [3.8, 4) is 22.8 Å². The summed E-state index contributed by atoms with van der Waals surface area (Å²) >= 11 is 0. The third kappa shape index (κ3) is 2.66. The SMILES string of the molecule is Cc1c2c(cc3ccc4ccccc4c13)Oc1cc(CC(C)C)cc3nc[n+](C)c-2c13. The van der Waals surface area contributed by atoms with Crippen molar-refractivity contribution < 1.29 is 9.30 Å². The molecule has 0 fully saturated rings. The van der Waals surface area contributed by atoms with Crippen molar-refractivity contribution in [2.75, 3.05) is 0 Å². The fraction of sp³-hybridized carbons (Fsp3) is 0.214. The predicted octanol–water partition coefficient (Wildman–Crippen LogP) is 6.65. The fourth-order valence-corrected chi connectivity index (χ4v) is 5.19. The van der Waals surface area contributed by atoms with Crippen molar-refractivity contribution >= 4 is 32.4 Å². The van der Waals surface area contributed by atoms with Gasteiger partial charge in [0, 0.05) is 0 Å². The zero-order valence-corrected chi connectivity index (χ0v) is 18.4. The molecule has 0 saturated carbocycles. The Morgan fingerprint density at radius 1 is 0.935 bits per heavy atom. The molecule has 0 bridgehead atoms. The monoisotopic (exact) mass is 405 g/mol. The molecule has 3 heteroatoms. The third-order valence-corrected chi connectivity index (χ3v) is 6.45. The van der Waals surface area contributed by atoms with Gasteiger partial charge >= 0.3 is 0 Å². The number of hydrogen-bond donors (Lipinski definition) is 0. The highest BCUT2D eigenvalue weighted by atomic mass is 16.5. The molecule has 1 aliphatic rings. The Balaban J connectivity index is 1.73. The molecular weight excluding hydrogens is 380 g/mol. The molecule has 1 aromatic heterocycles. The first kappa shape index (κ1) is 18.3. The third-order valence-electron chi connectivity index (χ3n) is 6.45. The first-order valence-corrected chi connectivity index (χ1v) is 11.0. The number of fused-ring (bicyclic) bond motifs is 5. The molecule has 0 saturated heterocycles. The highest BCUT2D eigenvalue weighted by molar-refractivity contribution is 6.13. The van der Waals surface area contributed by atoms with Crippen molar-refractivity contribution in [1.82, 2.24) is 4.98 Å². The standard InChI is InChI=1S/C28H25N2O/c1-16(2)11-18-12-22-27-23(13-18)31-24-14-20-10-9-19-7-5-6-8-21(19)25(20)17(3)26(24)28(27)30(4)15-29-22/h5-10,12-16H,11H2,1-4H3/q+1. The molecule has 0 radical (unpaired) electrons. The van der Waals surface area contributed by atoms with E-state index in [0.717, 1.165) is 28.8 Å². The summed E-state index contributed by atoms with van der Waals surface area (Å²) in [5.41, 5.74) is 5.89. The predicted molar refractivity (Wildman–Crippen MR) is 127 cm³/mol. The fourth-order valence-electron chi connectivity index (χ4n) is 5.19. The number of hydrogen-bond acceptors (Lipinski definition) is 2. The molecular formula is C28H25N2O+. The summed E-state index contributed by atoms with van der Waals surface area (Å²) in [5, 5.41) is 6.16. The maximum absolute atomic E-state index is 6.57. The van der Waals surface area contributed by atoms with Crippen LogP contribution in [0.15, 0.2) is 60.9 Å². The quantitative estimate of drug-likeness (QED) is 0.238. The maximum Gasteiger partial charge on any atom is 0.287 e. The van der Waals surface area contributed by atoms with E-state index in [9.17, 15) is 0 Å². The van der Waals surface area contributed by atoms with Gasteiger partial charge in [0.1, 0.15) is 16.9 Å². The molecule has 1 aliphatic heterocycles. The second-order valence-corrected chi connectivity index (χ2v) is 9.15. The van der Waals surface area contributed by atoms with Crippen LogP contribution in [0.4, 0.5) is 0 Å². The number of rotatable bonds is 2. The van der Waals surface area contributed by atoms with E-state index in [1.807, 2.05) is 6.33 Å². The van der Waals surface area contributed by atoms with Gasteiger partial charge in [-0.15, -0.1) is 0 Å². The molecule has 152 valence electrons. The van der Waals surface area contributed by atoms with Gasteiger partial charge in [-0.2, -0.15) is 0 Å². The van der Waals surface area contributed by atoms with E-state index in [2.05, 4.69) is 87.0 Å². The summed E-state index contributed by atoms with van der Waals surface area (Å²) in [7, 11) is 2.08. The minimum absolute atomic E-state index is 0.583. The van der Waals surface area contributed by atoms with E-state index in [1.54, 1.807) is 0 Å². The van der Waals surface area contributed by atoms with Crippen LogP contribution in [0.3, 0.4) is 0 Å². The first-order valence-electron chi connectivity index (χ1n) is 11.0. The summed E-state index contributed by atoms with van der Waals surface area (Å²) in [6.45, 7) is 6.71. The van der Waals surface area contributed by atoms with Crippen molar-refractivity contribution in [3.05, 3.63) is 72.1 Å². The Hall–Kier alpha value is -3.46. The summed E-state index contributed by atoms with van der Waals surface area (Å²) in [4.78, 5) is 4.75. The van der Waals surface area contributed by atoms with Crippen LogP contribution in [0, 0.1) is 12.8 Å².